The molecule has 1 amide bonds. The zero-order chi connectivity index (χ0) is 17.9. The van der Waals surface area contributed by atoms with E-state index >= 15 is 0 Å². The SMILES string of the molecule is CC(C)(C)OC(=O)N1CCC([C@H](C(=O)O)c2cncc(Cl)n2)CC1. The molecule has 0 saturated carbocycles. The van der Waals surface area contributed by atoms with Crippen LogP contribution in [0, 0.1) is 5.92 Å². The fourth-order valence-electron chi connectivity index (χ4n) is 2.82. The van der Waals surface area contributed by atoms with Crippen molar-refractivity contribution in [1.82, 2.24) is 14.9 Å². The van der Waals surface area contributed by atoms with E-state index in [9.17, 15) is 14.7 Å². The number of carbonyl (C=O) groups excluding carboxylic acids is 1. The van der Waals surface area contributed by atoms with Crippen LogP contribution in [0.2, 0.25) is 5.15 Å². The van der Waals surface area contributed by atoms with Crippen molar-refractivity contribution in [2.45, 2.75) is 45.1 Å². The molecule has 2 rings (SSSR count). The van der Waals surface area contributed by atoms with E-state index in [-0.39, 0.29) is 17.2 Å². The number of rotatable bonds is 3. The Balaban J connectivity index is 2.04. The van der Waals surface area contributed by atoms with Crippen molar-refractivity contribution in [1.29, 1.82) is 0 Å². The first-order valence-electron chi connectivity index (χ1n) is 7.85. The van der Waals surface area contributed by atoms with E-state index in [2.05, 4.69) is 9.97 Å². The topological polar surface area (TPSA) is 92.6 Å². The molecular weight excluding hydrogens is 334 g/mol. The van der Waals surface area contributed by atoms with E-state index in [0.717, 1.165) is 0 Å². The van der Waals surface area contributed by atoms with E-state index in [1.54, 1.807) is 4.90 Å². The van der Waals surface area contributed by atoms with Crippen molar-refractivity contribution in [3.05, 3.63) is 23.2 Å². The summed E-state index contributed by atoms with van der Waals surface area (Å²) in [5, 5.41) is 9.75. The summed E-state index contributed by atoms with van der Waals surface area (Å²) in [5.74, 6) is -1.87. The minimum atomic E-state index is -0.956. The zero-order valence-electron chi connectivity index (χ0n) is 14.0. The number of likely N-dealkylation sites (tertiary alicyclic amines) is 1. The molecule has 0 aromatic carbocycles. The van der Waals surface area contributed by atoms with Gasteiger partial charge in [0.05, 0.1) is 11.9 Å². The number of nitrogens with zero attached hydrogens (tertiary/aromatic N) is 3. The molecule has 1 fully saturated rings. The quantitative estimate of drug-likeness (QED) is 0.896. The Morgan fingerprint density at radius 2 is 1.96 bits per heavy atom. The van der Waals surface area contributed by atoms with Crippen LogP contribution in [0.3, 0.4) is 0 Å². The van der Waals surface area contributed by atoms with Crippen LogP contribution in [0.15, 0.2) is 12.4 Å². The van der Waals surface area contributed by atoms with Crippen molar-refractivity contribution < 1.29 is 19.4 Å². The summed E-state index contributed by atoms with van der Waals surface area (Å²) in [6.07, 6.45) is 3.56. The third kappa shape index (κ3) is 4.80. The number of carboxylic acid groups (broad SMARTS) is 1. The molecule has 1 aromatic rings. The van der Waals surface area contributed by atoms with E-state index in [0.29, 0.717) is 31.6 Å². The maximum atomic E-state index is 12.1. The maximum absolute atomic E-state index is 12.1. The Bertz CT molecular complexity index is 610. The van der Waals surface area contributed by atoms with Crippen LogP contribution in [0.1, 0.15) is 45.2 Å². The van der Waals surface area contributed by atoms with Gasteiger partial charge in [0.1, 0.15) is 16.7 Å². The summed E-state index contributed by atoms with van der Waals surface area (Å²) in [6, 6.07) is 0. The molecule has 0 bridgehead atoms. The van der Waals surface area contributed by atoms with E-state index < -0.39 is 17.5 Å². The molecule has 0 radical (unpaired) electrons. The first kappa shape index (κ1) is 18.4. The number of ether oxygens (including phenoxy) is 1. The highest BCUT2D eigenvalue weighted by atomic mass is 35.5. The van der Waals surface area contributed by atoms with Gasteiger partial charge in [-0.15, -0.1) is 0 Å². The first-order valence-corrected chi connectivity index (χ1v) is 8.23. The number of amides is 1. The summed E-state index contributed by atoms with van der Waals surface area (Å²) in [7, 11) is 0. The van der Waals surface area contributed by atoms with Crippen LogP contribution in [-0.2, 0) is 9.53 Å². The fourth-order valence-corrected chi connectivity index (χ4v) is 2.97. The Morgan fingerprint density at radius 1 is 1.33 bits per heavy atom. The Hall–Kier alpha value is -1.89. The Kier molecular flexibility index (Phi) is 5.64. The number of aromatic nitrogens is 2. The predicted molar refractivity (Wildman–Crippen MR) is 87.9 cm³/mol. The van der Waals surface area contributed by atoms with Gasteiger partial charge in [0.15, 0.2) is 0 Å². The van der Waals surface area contributed by atoms with Crippen LogP contribution in [0.25, 0.3) is 0 Å². The highest BCUT2D eigenvalue weighted by Gasteiger charge is 2.36. The zero-order valence-corrected chi connectivity index (χ0v) is 14.8. The highest BCUT2D eigenvalue weighted by molar-refractivity contribution is 6.29. The van der Waals surface area contributed by atoms with Gasteiger partial charge in [-0.25, -0.2) is 9.78 Å². The Morgan fingerprint density at radius 3 is 2.46 bits per heavy atom. The number of carbonyl (C=O) groups is 2. The van der Waals surface area contributed by atoms with Crippen LogP contribution in [0.5, 0.6) is 0 Å². The molecule has 7 nitrogen and oxygen atoms in total. The summed E-state index contributed by atoms with van der Waals surface area (Å²) in [6.45, 7) is 6.36. The average molecular weight is 356 g/mol. The fraction of sp³-hybridized carbons (Fsp3) is 0.625. The van der Waals surface area contributed by atoms with Crippen molar-refractivity contribution in [3.63, 3.8) is 0 Å². The van der Waals surface area contributed by atoms with Crippen molar-refractivity contribution in [2.24, 2.45) is 5.92 Å². The van der Waals surface area contributed by atoms with Crippen LogP contribution in [0.4, 0.5) is 4.79 Å². The molecule has 132 valence electrons. The van der Waals surface area contributed by atoms with E-state index in [4.69, 9.17) is 16.3 Å². The Labute approximate surface area is 146 Å². The van der Waals surface area contributed by atoms with Gasteiger partial charge in [-0.1, -0.05) is 11.6 Å². The van der Waals surface area contributed by atoms with Gasteiger partial charge >= 0.3 is 12.1 Å². The molecule has 0 unspecified atom stereocenters. The van der Waals surface area contributed by atoms with E-state index in [1.165, 1.54) is 12.4 Å². The summed E-state index contributed by atoms with van der Waals surface area (Å²) in [4.78, 5) is 33.4. The van der Waals surface area contributed by atoms with Crippen molar-refractivity contribution in [3.8, 4) is 0 Å². The molecule has 0 aliphatic carbocycles. The van der Waals surface area contributed by atoms with Gasteiger partial charge < -0.3 is 14.7 Å². The lowest BCUT2D eigenvalue weighted by molar-refractivity contribution is -0.140. The number of halogens is 1. The van der Waals surface area contributed by atoms with Gasteiger partial charge in [-0.3, -0.25) is 9.78 Å². The molecule has 1 saturated heterocycles. The lowest BCUT2D eigenvalue weighted by Crippen LogP contribution is -2.43. The van der Waals surface area contributed by atoms with Gasteiger partial charge in [-0.2, -0.15) is 0 Å². The lowest BCUT2D eigenvalue weighted by atomic mass is 9.82. The second kappa shape index (κ2) is 7.34. The number of carboxylic acids is 1. The van der Waals surface area contributed by atoms with Crippen LogP contribution in [-0.4, -0.2) is 50.7 Å². The molecule has 1 N–H and O–H groups in total. The van der Waals surface area contributed by atoms with Crippen LogP contribution < -0.4 is 0 Å². The second-order valence-electron chi connectivity index (χ2n) is 6.89. The molecule has 1 atom stereocenters. The van der Waals surface area contributed by atoms with Gasteiger partial charge in [0, 0.05) is 19.3 Å². The number of piperidine rings is 1. The van der Waals surface area contributed by atoms with Gasteiger partial charge in [0.2, 0.25) is 0 Å². The maximum Gasteiger partial charge on any atom is 0.410 e. The minimum Gasteiger partial charge on any atom is -0.481 e. The van der Waals surface area contributed by atoms with Crippen molar-refractivity contribution in [2.75, 3.05) is 13.1 Å². The standard InChI is InChI=1S/C16H22ClN3O4/c1-16(2,3)24-15(23)20-6-4-10(5-7-20)13(14(21)22)11-8-18-9-12(17)19-11/h8-10,13H,4-7H2,1-3H3,(H,21,22)/t13-/m0/s1. The molecule has 1 aliphatic rings. The molecule has 0 spiro atoms. The monoisotopic (exact) mass is 355 g/mol. The predicted octanol–water partition coefficient (Wildman–Crippen LogP) is 2.95. The smallest absolute Gasteiger partial charge is 0.410 e. The molecule has 8 heteroatoms. The summed E-state index contributed by atoms with van der Waals surface area (Å²) < 4.78 is 5.35. The lowest BCUT2D eigenvalue weighted by Gasteiger charge is -2.35. The first-order chi connectivity index (χ1) is 11.2. The molecule has 2 heterocycles. The number of aliphatic carboxylic acids is 1. The largest absolute Gasteiger partial charge is 0.481 e. The molecule has 24 heavy (non-hydrogen) atoms. The highest BCUT2D eigenvalue weighted by Crippen LogP contribution is 2.32. The van der Waals surface area contributed by atoms with Gasteiger partial charge in [0.25, 0.3) is 0 Å². The molecule has 1 aliphatic heterocycles. The number of hydrogen-bond acceptors (Lipinski definition) is 5. The second-order valence-corrected chi connectivity index (χ2v) is 7.27. The molecular formula is C16H22ClN3O4. The van der Waals surface area contributed by atoms with Crippen LogP contribution >= 0.6 is 11.6 Å². The average Bonchev–Trinajstić information content (AvgIpc) is 2.46. The minimum absolute atomic E-state index is 0.131. The third-order valence-electron chi connectivity index (χ3n) is 3.87. The number of hydrogen-bond donors (Lipinski definition) is 1. The third-order valence-corrected chi connectivity index (χ3v) is 4.05. The summed E-state index contributed by atoms with van der Waals surface area (Å²) >= 11 is 5.82. The van der Waals surface area contributed by atoms with E-state index in [1.807, 2.05) is 20.8 Å². The summed E-state index contributed by atoms with van der Waals surface area (Å²) in [5.41, 5.74) is -0.195. The van der Waals surface area contributed by atoms with Gasteiger partial charge in [-0.05, 0) is 39.5 Å². The molecule has 1 aromatic heterocycles. The van der Waals surface area contributed by atoms with Crippen molar-refractivity contribution >= 4 is 23.7 Å². The normalized spacial score (nSPS) is 17.4.